The maximum atomic E-state index is 14.5. The Morgan fingerprint density at radius 2 is 1.91 bits per heavy atom. The van der Waals surface area contributed by atoms with Crippen LogP contribution in [0.4, 0.5) is 13.2 Å². The van der Waals surface area contributed by atoms with Crippen molar-refractivity contribution in [3.05, 3.63) is 70.5 Å². The second-order valence-electron chi connectivity index (χ2n) is 7.32. The number of methoxy groups -OCH3 is 1. The number of nitrogens with zero attached hydrogens (tertiary/aromatic N) is 2. The number of amides is 1. The number of alkyl halides is 2. The normalized spacial score (nSPS) is 18.7. The number of carbonyl (C=O) groups is 1. The average molecular weight is 447 g/mol. The van der Waals surface area contributed by atoms with Gasteiger partial charge >= 0.3 is 6.61 Å². The summed E-state index contributed by atoms with van der Waals surface area (Å²) in [7, 11) is 3.06. The molecule has 0 saturated carbocycles. The van der Waals surface area contributed by atoms with Gasteiger partial charge in [0.05, 0.1) is 0 Å². The zero-order valence-corrected chi connectivity index (χ0v) is 17.9. The molecule has 0 fully saturated rings. The molecule has 1 unspecified atom stereocenters. The summed E-state index contributed by atoms with van der Waals surface area (Å²) in [4.78, 5) is 19.0. The Morgan fingerprint density at radius 1 is 1.22 bits per heavy atom. The molecule has 1 aliphatic heterocycles. The van der Waals surface area contributed by atoms with Crippen molar-refractivity contribution >= 4 is 17.9 Å². The Kier molecular flexibility index (Phi) is 6.88. The average Bonchev–Trinajstić information content (AvgIpc) is 2.98. The van der Waals surface area contributed by atoms with E-state index in [9.17, 15) is 18.0 Å². The van der Waals surface area contributed by atoms with Gasteiger partial charge in [-0.05, 0) is 54.3 Å². The van der Waals surface area contributed by atoms with E-state index in [1.807, 2.05) is 0 Å². The van der Waals surface area contributed by atoms with Crippen molar-refractivity contribution in [3.63, 3.8) is 0 Å². The largest absolute Gasteiger partial charge is 0.435 e. The lowest BCUT2D eigenvalue weighted by Gasteiger charge is -2.27. The number of benzene rings is 2. The van der Waals surface area contributed by atoms with Crippen LogP contribution in [0.1, 0.15) is 28.7 Å². The topological polar surface area (TPSA) is 77.2 Å². The molecule has 9 heteroatoms. The number of rotatable bonds is 8. The number of aryl methyl sites for hydroxylation is 1. The van der Waals surface area contributed by atoms with Gasteiger partial charge in [0.25, 0.3) is 5.91 Å². The zero-order chi connectivity index (χ0) is 23.5. The highest BCUT2D eigenvalue weighted by Gasteiger charge is 2.49. The van der Waals surface area contributed by atoms with Crippen molar-refractivity contribution < 1.29 is 27.4 Å². The summed E-state index contributed by atoms with van der Waals surface area (Å²) in [5.74, 6) is -0.944. The number of halogens is 3. The molecule has 0 aromatic heterocycles. The highest BCUT2D eigenvalue weighted by atomic mass is 19.3. The fourth-order valence-corrected chi connectivity index (χ4v) is 3.58. The number of nitrogens with two attached hydrogens (primary N) is 1. The number of ether oxygens (including phenoxy) is 2. The molecule has 2 aromatic rings. The minimum Gasteiger partial charge on any atom is -0.435 e. The maximum absolute atomic E-state index is 14.5. The molecule has 2 N–H and O–H groups in total. The van der Waals surface area contributed by atoms with Gasteiger partial charge in [-0.15, -0.1) is 0 Å². The van der Waals surface area contributed by atoms with Gasteiger partial charge in [-0.25, -0.2) is 9.38 Å². The van der Waals surface area contributed by atoms with Crippen molar-refractivity contribution in [3.8, 4) is 5.75 Å². The Bertz CT molecular complexity index is 1070. The van der Waals surface area contributed by atoms with Crippen LogP contribution in [0.5, 0.6) is 5.75 Å². The van der Waals surface area contributed by atoms with Crippen LogP contribution in [0.3, 0.4) is 0 Å². The van der Waals surface area contributed by atoms with Gasteiger partial charge in [-0.1, -0.05) is 24.3 Å². The van der Waals surface area contributed by atoms with Crippen molar-refractivity contribution in [1.29, 1.82) is 0 Å². The van der Waals surface area contributed by atoms with Gasteiger partial charge in [0.1, 0.15) is 11.6 Å². The first-order chi connectivity index (χ1) is 15.2. The van der Waals surface area contributed by atoms with E-state index in [1.54, 1.807) is 32.3 Å². The van der Waals surface area contributed by atoms with Crippen LogP contribution >= 0.6 is 0 Å². The monoisotopic (exact) mass is 447 g/mol. The molecule has 1 heterocycles. The van der Waals surface area contributed by atoms with Gasteiger partial charge in [0.15, 0.2) is 11.5 Å². The van der Waals surface area contributed by atoms with Gasteiger partial charge in [0.2, 0.25) is 0 Å². The first-order valence-electron chi connectivity index (χ1n) is 9.85. The van der Waals surface area contributed by atoms with E-state index in [0.717, 1.165) is 0 Å². The Morgan fingerprint density at radius 3 is 2.50 bits per heavy atom. The van der Waals surface area contributed by atoms with Crippen molar-refractivity contribution in [1.82, 2.24) is 4.90 Å². The predicted molar refractivity (Wildman–Crippen MR) is 115 cm³/mol. The Balaban J connectivity index is 2.14. The van der Waals surface area contributed by atoms with E-state index < -0.39 is 23.9 Å². The van der Waals surface area contributed by atoms with E-state index in [4.69, 9.17) is 10.5 Å². The molecule has 0 bridgehead atoms. The second-order valence-corrected chi connectivity index (χ2v) is 7.32. The number of hydrogen-bond acceptors (Lipinski definition) is 5. The SMILES string of the molecule is COCCC=Cc1cc(C2(c3ccc(OC(F)F)c(C)c3)N=C(N)N(C)C2=O)ccc1F. The molecular weight excluding hydrogens is 423 g/mol. The van der Waals surface area contributed by atoms with Crippen LogP contribution in [0.25, 0.3) is 6.08 Å². The van der Waals surface area contributed by atoms with Crippen LogP contribution in [-0.2, 0) is 15.1 Å². The highest BCUT2D eigenvalue weighted by molar-refractivity contribution is 6.09. The molecule has 1 atom stereocenters. The van der Waals surface area contributed by atoms with Crippen LogP contribution in [-0.4, -0.2) is 44.1 Å². The molecule has 0 saturated heterocycles. The fraction of sp³-hybridized carbons (Fsp3) is 0.304. The Hall–Kier alpha value is -3.33. The molecule has 2 aromatic carbocycles. The molecule has 0 aliphatic carbocycles. The number of carbonyl (C=O) groups excluding carboxylic acids is 1. The second kappa shape index (κ2) is 9.44. The Labute approximate surface area is 184 Å². The van der Waals surface area contributed by atoms with E-state index in [2.05, 4.69) is 9.73 Å². The van der Waals surface area contributed by atoms with Crippen LogP contribution < -0.4 is 10.5 Å². The first-order valence-corrected chi connectivity index (χ1v) is 9.85. The summed E-state index contributed by atoms with van der Waals surface area (Å²) in [5.41, 5.74) is 5.82. The summed E-state index contributed by atoms with van der Waals surface area (Å²) >= 11 is 0. The molecule has 170 valence electrons. The molecule has 1 amide bonds. The smallest absolute Gasteiger partial charge is 0.387 e. The van der Waals surface area contributed by atoms with Crippen molar-refractivity contribution in [2.75, 3.05) is 20.8 Å². The zero-order valence-electron chi connectivity index (χ0n) is 17.9. The quantitative estimate of drug-likeness (QED) is 0.625. The van der Waals surface area contributed by atoms with Crippen molar-refractivity contribution in [2.24, 2.45) is 10.7 Å². The molecule has 0 spiro atoms. The summed E-state index contributed by atoms with van der Waals surface area (Å²) in [6, 6.07) is 8.63. The van der Waals surface area contributed by atoms with Gasteiger partial charge in [0, 0.05) is 26.3 Å². The molecule has 6 nitrogen and oxygen atoms in total. The number of likely N-dealkylation sites (N-methyl/N-ethyl adjacent to an activating group) is 1. The maximum Gasteiger partial charge on any atom is 0.387 e. The molecular formula is C23H24F3N3O3. The summed E-state index contributed by atoms with van der Waals surface area (Å²) in [6.45, 7) is -0.913. The van der Waals surface area contributed by atoms with Gasteiger partial charge < -0.3 is 15.2 Å². The minimum absolute atomic E-state index is 0.0120. The lowest BCUT2D eigenvalue weighted by atomic mass is 9.81. The third-order valence-corrected chi connectivity index (χ3v) is 5.25. The predicted octanol–water partition coefficient (Wildman–Crippen LogP) is 3.82. The van der Waals surface area contributed by atoms with Crippen LogP contribution in [0.2, 0.25) is 0 Å². The van der Waals surface area contributed by atoms with E-state index in [-0.39, 0.29) is 17.3 Å². The summed E-state index contributed by atoms with van der Waals surface area (Å²) in [6.07, 6.45) is 3.95. The summed E-state index contributed by atoms with van der Waals surface area (Å²) in [5, 5.41) is 0. The standard InChI is InChI=1S/C23H24F3N3O3/c1-14-12-16(8-10-19(14)32-21(25)26)23(20(30)29(2)22(27)28-23)17-7-9-18(24)15(13-17)6-4-5-11-31-3/h4,6-10,12-13,21H,5,11H2,1-3H3,(H2,27,28). The molecule has 32 heavy (non-hydrogen) atoms. The lowest BCUT2D eigenvalue weighted by molar-refractivity contribution is -0.129. The molecule has 3 rings (SSSR count). The number of guanidine groups is 1. The highest BCUT2D eigenvalue weighted by Crippen LogP contribution is 2.41. The summed E-state index contributed by atoms with van der Waals surface area (Å²) < 4.78 is 49.3. The van der Waals surface area contributed by atoms with Gasteiger partial charge in [-0.2, -0.15) is 8.78 Å². The van der Waals surface area contributed by atoms with E-state index in [1.165, 1.54) is 42.3 Å². The number of aliphatic imine (C=N–C) groups is 1. The van der Waals surface area contributed by atoms with Gasteiger partial charge in [-0.3, -0.25) is 9.69 Å². The van der Waals surface area contributed by atoms with Crippen LogP contribution in [0, 0.1) is 12.7 Å². The third kappa shape index (κ3) is 4.34. The first kappa shape index (κ1) is 23.3. The molecule has 1 aliphatic rings. The fourth-order valence-electron chi connectivity index (χ4n) is 3.58. The minimum atomic E-state index is -2.98. The van der Waals surface area contributed by atoms with Crippen LogP contribution in [0.15, 0.2) is 47.5 Å². The van der Waals surface area contributed by atoms with E-state index in [0.29, 0.717) is 29.7 Å². The van der Waals surface area contributed by atoms with E-state index >= 15 is 0 Å². The number of hydrogen-bond donors (Lipinski definition) is 1. The molecule has 0 radical (unpaired) electrons. The lowest BCUT2D eigenvalue weighted by Crippen LogP contribution is -2.41. The third-order valence-electron chi connectivity index (χ3n) is 5.25. The van der Waals surface area contributed by atoms with Crippen molar-refractivity contribution in [2.45, 2.75) is 25.5 Å².